The molecule has 0 aromatic heterocycles. The molecule has 0 aliphatic carbocycles. The van der Waals surface area contributed by atoms with Gasteiger partial charge in [-0.05, 0) is 13.3 Å². The van der Waals surface area contributed by atoms with E-state index in [9.17, 15) is 9.59 Å². The highest BCUT2D eigenvalue weighted by atomic mass is 16.3. The van der Waals surface area contributed by atoms with E-state index in [4.69, 9.17) is 5.11 Å². The highest BCUT2D eigenvalue weighted by Gasteiger charge is 2.25. The Hall–Kier alpha value is -1.10. The molecular formula is C12H24N2O3. The fourth-order valence-corrected chi connectivity index (χ4v) is 1.08. The molecule has 0 aliphatic heterocycles. The highest BCUT2D eigenvalue weighted by molar-refractivity contribution is 5.89. The number of nitrogens with one attached hydrogen (secondary N) is 2. The monoisotopic (exact) mass is 244 g/mol. The molecule has 2 atom stereocenters. The number of aliphatic hydroxyl groups excluding tert-OH is 1. The fraction of sp³-hybridized carbons (Fsp3) is 0.833. The minimum Gasteiger partial charge on any atom is -0.394 e. The standard InChI is InChI=1S/C12H24N2O3/c1-6-9(7-15)14-10(16)8(2)13-11(17)12(3,4)5/h8-9,15H,6-7H2,1-5H3,(H,13,17)(H,14,16). The van der Waals surface area contributed by atoms with Crippen molar-refractivity contribution >= 4 is 11.8 Å². The van der Waals surface area contributed by atoms with Crippen LogP contribution >= 0.6 is 0 Å². The van der Waals surface area contributed by atoms with E-state index in [0.29, 0.717) is 6.42 Å². The van der Waals surface area contributed by atoms with Crippen LogP contribution in [0.1, 0.15) is 41.0 Å². The van der Waals surface area contributed by atoms with Gasteiger partial charge in [-0.15, -0.1) is 0 Å². The molecule has 17 heavy (non-hydrogen) atoms. The smallest absolute Gasteiger partial charge is 0.242 e. The van der Waals surface area contributed by atoms with Crippen molar-refractivity contribution in [2.45, 2.75) is 53.1 Å². The summed E-state index contributed by atoms with van der Waals surface area (Å²) < 4.78 is 0. The molecule has 0 heterocycles. The second kappa shape index (κ2) is 6.59. The summed E-state index contributed by atoms with van der Waals surface area (Å²) in [5, 5.41) is 14.3. The first-order chi connectivity index (χ1) is 7.72. The predicted molar refractivity (Wildman–Crippen MR) is 66.4 cm³/mol. The molecule has 3 N–H and O–H groups in total. The summed E-state index contributed by atoms with van der Waals surface area (Å²) >= 11 is 0. The van der Waals surface area contributed by atoms with E-state index in [1.807, 2.05) is 6.92 Å². The zero-order valence-corrected chi connectivity index (χ0v) is 11.3. The summed E-state index contributed by atoms with van der Waals surface area (Å²) in [7, 11) is 0. The second-order valence-corrected chi connectivity index (χ2v) is 5.24. The van der Waals surface area contributed by atoms with Gasteiger partial charge in [0.15, 0.2) is 0 Å². The van der Waals surface area contributed by atoms with Gasteiger partial charge < -0.3 is 15.7 Å². The Morgan fingerprint density at radius 3 is 2.12 bits per heavy atom. The van der Waals surface area contributed by atoms with Crippen LogP contribution in [0.5, 0.6) is 0 Å². The SMILES string of the molecule is CCC(CO)NC(=O)C(C)NC(=O)C(C)(C)C. The topological polar surface area (TPSA) is 78.4 Å². The fourth-order valence-electron chi connectivity index (χ4n) is 1.08. The third-order valence-electron chi connectivity index (χ3n) is 2.48. The van der Waals surface area contributed by atoms with Crippen molar-refractivity contribution < 1.29 is 14.7 Å². The third kappa shape index (κ3) is 5.68. The Morgan fingerprint density at radius 2 is 1.76 bits per heavy atom. The average molecular weight is 244 g/mol. The van der Waals surface area contributed by atoms with Gasteiger partial charge in [-0.3, -0.25) is 9.59 Å². The second-order valence-electron chi connectivity index (χ2n) is 5.24. The van der Waals surface area contributed by atoms with Gasteiger partial charge in [0.1, 0.15) is 6.04 Å². The van der Waals surface area contributed by atoms with Crippen LogP contribution in [-0.4, -0.2) is 35.6 Å². The maximum Gasteiger partial charge on any atom is 0.242 e. The Morgan fingerprint density at radius 1 is 1.24 bits per heavy atom. The van der Waals surface area contributed by atoms with Crippen molar-refractivity contribution in [3.8, 4) is 0 Å². The molecule has 0 rings (SSSR count). The lowest BCUT2D eigenvalue weighted by Gasteiger charge is -2.23. The lowest BCUT2D eigenvalue weighted by molar-refractivity contribution is -0.133. The van der Waals surface area contributed by atoms with E-state index < -0.39 is 11.5 Å². The molecule has 100 valence electrons. The van der Waals surface area contributed by atoms with Crippen LogP contribution in [0.25, 0.3) is 0 Å². The number of carbonyl (C=O) groups excluding carboxylic acids is 2. The van der Waals surface area contributed by atoms with Gasteiger partial charge in [-0.2, -0.15) is 0 Å². The van der Waals surface area contributed by atoms with Crippen molar-refractivity contribution in [3.63, 3.8) is 0 Å². The number of rotatable bonds is 5. The summed E-state index contributed by atoms with van der Waals surface area (Å²) in [5.74, 6) is -0.444. The molecule has 0 saturated heterocycles. The van der Waals surface area contributed by atoms with Gasteiger partial charge in [-0.1, -0.05) is 27.7 Å². The first kappa shape index (κ1) is 15.9. The molecular weight excluding hydrogens is 220 g/mol. The van der Waals surface area contributed by atoms with Gasteiger partial charge in [-0.25, -0.2) is 0 Å². The minimum atomic E-state index is -0.595. The van der Waals surface area contributed by atoms with Crippen LogP contribution in [0, 0.1) is 5.41 Å². The maximum absolute atomic E-state index is 11.7. The van der Waals surface area contributed by atoms with Crippen molar-refractivity contribution in [1.29, 1.82) is 0 Å². The van der Waals surface area contributed by atoms with Crippen LogP contribution in [0.3, 0.4) is 0 Å². The number of aliphatic hydroxyl groups is 1. The van der Waals surface area contributed by atoms with Crippen LogP contribution < -0.4 is 10.6 Å². The molecule has 5 heteroatoms. The Balaban J connectivity index is 4.28. The molecule has 0 aliphatic rings. The molecule has 0 aromatic rings. The van der Waals surface area contributed by atoms with Crippen molar-refractivity contribution in [1.82, 2.24) is 10.6 Å². The van der Waals surface area contributed by atoms with E-state index in [0.717, 1.165) is 0 Å². The highest BCUT2D eigenvalue weighted by Crippen LogP contribution is 2.12. The van der Waals surface area contributed by atoms with Gasteiger partial charge in [0.25, 0.3) is 0 Å². The van der Waals surface area contributed by atoms with Crippen molar-refractivity contribution in [2.75, 3.05) is 6.61 Å². The summed E-state index contributed by atoms with van der Waals surface area (Å²) in [6, 6.07) is -0.848. The summed E-state index contributed by atoms with van der Waals surface area (Å²) in [5.41, 5.74) is -0.518. The zero-order valence-electron chi connectivity index (χ0n) is 11.3. The normalized spacial score (nSPS) is 14.9. The molecule has 0 spiro atoms. The molecule has 2 amide bonds. The van der Waals surface area contributed by atoms with Crippen LogP contribution in [-0.2, 0) is 9.59 Å². The van der Waals surface area contributed by atoms with Gasteiger partial charge in [0, 0.05) is 5.41 Å². The maximum atomic E-state index is 11.7. The van der Waals surface area contributed by atoms with E-state index >= 15 is 0 Å². The number of amides is 2. The zero-order chi connectivity index (χ0) is 13.6. The number of hydrogen-bond donors (Lipinski definition) is 3. The predicted octanol–water partition coefficient (Wildman–Crippen LogP) is 0.424. The first-order valence-corrected chi connectivity index (χ1v) is 5.94. The number of carbonyl (C=O) groups is 2. The molecule has 0 aromatic carbocycles. The van der Waals surface area contributed by atoms with E-state index in [1.54, 1.807) is 27.7 Å². The summed E-state index contributed by atoms with van der Waals surface area (Å²) in [4.78, 5) is 23.4. The van der Waals surface area contributed by atoms with E-state index in [1.165, 1.54) is 0 Å². The molecule has 0 radical (unpaired) electrons. The third-order valence-corrected chi connectivity index (χ3v) is 2.48. The van der Waals surface area contributed by atoms with Crippen LogP contribution in [0.15, 0.2) is 0 Å². The molecule has 0 fully saturated rings. The van der Waals surface area contributed by atoms with Crippen LogP contribution in [0.4, 0.5) is 0 Å². The minimum absolute atomic E-state index is 0.0951. The Kier molecular flexibility index (Phi) is 6.16. The molecule has 5 nitrogen and oxygen atoms in total. The van der Waals surface area contributed by atoms with Gasteiger partial charge in [0.05, 0.1) is 12.6 Å². The summed E-state index contributed by atoms with van der Waals surface area (Å²) in [6.45, 7) is 8.77. The average Bonchev–Trinajstić information content (AvgIpc) is 2.23. The van der Waals surface area contributed by atoms with E-state index in [2.05, 4.69) is 10.6 Å². The van der Waals surface area contributed by atoms with Crippen molar-refractivity contribution in [2.24, 2.45) is 5.41 Å². The quantitative estimate of drug-likeness (QED) is 0.656. The van der Waals surface area contributed by atoms with Crippen LogP contribution in [0.2, 0.25) is 0 Å². The molecule has 0 bridgehead atoms. The Labute approximate surface area is 103 Å². The molecule has 2 unspecified atom stereocenters. The summed E-state index contributed by atoms with van der Waals surface area (Å²) in [6.07, 6.45) is 0.655. The van der Waals surface area contributed by atoms with Crippen molar-refractivity contribution in [3.05, 3.63) is 0 Å². The lowest BCUT2D eigenvalue weighted by Crippen LogP contribution is -2.51. The Bertz CT molecular complexity index is 267. The molecule has 0 saturated carbocycles. The van der Waals surface area contributed by atoms with Gasteiger partial charge >= 0.3 is 0 Å². The largest absolute Gasteiger partial charge is 0.394 e. The number of hydrogen-bond acceptors (Lipinski definition) is 3. The van der Waals surface area contributed by atoms with Gasteiger partial charge in [0.2, 0.25) is 11.8 Å². The lowest BCUT2D eigenvalue weighted by atomic mass is 9.95. The van der Waals surface area contributed by atoms with E-state index in [-0.39, 0.29) is 24.5 Å². The first-order valence-electron chi connectivity index (χ1n) is 5.94.